The van der Waals surface area contributed by atoms with Crippen LogP contribution >= 0.6 is 0 Å². The summed E-state index contributed by atoms with van der Waals surface area (Å²) in [6.07, 6.45) is 5.14. The summed E-state index contributed by atoms with van der Waals surface area (Å²) in [5.74, 6) is 0.510. The van der Waals surface area contributed by atoms with E-state index in [4.69, 9.17) is 5.73 Å². The molecule has 3 N–H and O–H groups in total. The Morgan fingerprint density at radius 1 is 1.41 bits per heavy atom. The lowest BCUT2D eigenvalue weighted by atomic mass is 9.99. The highest BCUT2D eigenvalue weighted by Crippen LogP contribution is 2.40. The Hall–Kier alpha value is -1.22. The van der Waals surface area contributed by atoms with Gasteiger partial charge in [-0.2, -0.15) is 0 Å². The van der Waals surface area contributed by atoms with E-state index >= 15 is 0 Å². The molecule has 0 saturated heterocycles. The van der Waals surface area contributed by atoms with E-state index in [1.54, 1.807) is 0 Å². The molecule has 1 aliphatic carbocycles. The van der Waals surface area contributed by atoms with Crippen molar-refractivity contribution in [1.82, 2.24) is 0 Å². The second-order valence-corrected chi connectivity index (χ2v) is 5.60. The van der Waals surface area contributed by atoms with Crippen LogP contribution in [0.4, 0.5) is 5.69 Å². The summed E-state index contributed by atoms with van der Waals surface area (Å²) in [6.45, 7) is 1.01. The van der Waals surface area contributed by atoms with E-state index in [1.807, 2.05) is 0 Å². The van der Waals surface area contributed by atoms with E-state index in [0.29, 0.717) is 5.75 Å². The van der Waals surface area contributed by atoms with Crippen molar-refractivity contribution >= 4 is 5.69 Å². The molecule has 92 valence electrons. The number of hydrogen-bond donors (Lipinski definition) is 2. The van der Waals surface area contributed by atoms with Crippen LogP contribution in [0.25, 0.3) is 0 Å². The first-order valence-electron chi connectivity index (χ1n) is 6.43. The predicted molar refractivity (Wildman–Crippen MR) is 69.6 cm³/mol. The molecule has 0 aromatic heterocycles. The lowest BCUT2D eigenvalue weighted by Gasteiger charge is -2.15. The number of anilines is 1. The average molecular weight is 232 g/mol. The number of nitrogens with two attached hydrogens (primary N) is 1. The Morgan fingerprint density at radius 3 is 2.88 bits per heavy atom. The fourth-order valence-electron chi connectivity index (χ4n) is 2.67. The number of phenols is 1. The Morgan fingerprint density at radius 2 is 2.18 bits per heavy atom. The summed E-state index contributed by atoms with van der Waals surface area (Å²) >= 11 is 0. The smallest absolute Gasteiger partial charge is 0.124 e. The monoisotopic (exact) mass is 232 g/mol. The molecule has 1 heterocycles. The molecule has 17 heavy (non-hydrogen) atoms. The third kappa shape index (κ3) is 1.89. The molecule has 0 unspecified atom stereocenters. The number of likely N-dealkylation sites (N-methyl/N-ethyl adjacent to an activating group) is 1. The van der Waals surface area contributed by atoms with E-state index < -0.39 is 0 Å². The zero-order chi connectivity index (χ0) is 12.0. The first-order chi connectivity index (χ1) is 8.09. The molecule has 0 atom stereocenters. The van der Waals surface area contributed by atoms with Crippen LogP contribution in [0.5, 0.6) is 5.75 Å². The van der Waals surface area contributed by atoms with E-state index in [0.717, 1.165) is 49.8 Å². The lowest BCUT2D eigenvalue weighted by molar-refractivity contribution is 0.459. The number of benzene rings is 1. The van der Waals surface area contributed by atoms with E-state index in [-0.39, 0.29) is 5.54 Å². The second kappa shape index (κ2) is 3.64. The van der Waals surface area contributed by atoms with Crippen molar-refractivity contribution in [2.24, 2.45) is 5.73 Å². The minimum absolute atomic E-state index is 0.0717. The number of aryl methyl sites for hydroxylation is 1. The normalized spacial score (nSPS) is 20.5. The molecule has 0 amide bonds. The van der Waals surface area contributed by atoms with Crippen LogP contribution in [0, 0.1) is 0 Å². The van der Waals surface area contributed by atoms with Crippen LogP contribution in [-0.4, -0.2) is 24.2 Å². The van der Waals surface area contributed by atoms with Crippen molar-refractivity contribution in [2.45, 2.75) is 37.6 Å². The van der Waals surface area contributed by atoms with Gasteiger partial charge in [0.15, 0.2) is 0 Å². The molecule has 3 heteroatoms. The SMILES string of the molecule is CN1CCc2c1ccc(CCC1(N)CC1)c2O. The third-order valence-electron chi connectivity index (χ3n) is 4.23. The van der Waals surface area contributed by atoms with E-state index in [2.05, 4.69) is 24.1 Å². The van der Waals surface area contributed by atoms with Gasteiger partial charge in [0, 0.05) is 30.4 Å². The summed E-state index contributed by atoms with van der Waals surface area (Å²) in [4.78, 5) is 2.20. The van der Waals surface area contributed by atoms with Crippen molar-refractivity contribution in [3.8, 4) is 5.75 Å². The molecular formula is C14H20N2O. The summed E-state index contributed by atoms with van der Waals surface area (Å²) in [6, 6.07) is 4.19. The number of phenolic OH excluding ortho intramolecular Hbond substituents is 1. The van der Waals surface area contributed by atoms with Gasteiger partial charge in [0.2, 0.25) is 0 Å². The Bertz CT molecular complexity index is 452. The summed E-state index contributed by atoms with van der Waals surface area (Å²) in [7, 11) is 2.07. The fraction of sp³-hybridized carbons (Fsp3) is 0.571. The molecule has 0 radical (unpaired) electrons. The van der Waals surface area contributed by atoms with Crippen molar-refractivity contribution in [3.05, 3.63) is 23.3 Å². The number of fused-ring (bicyclic) bond motifs is 1. The summed E-state index contributed by atoms with van der Waals surface area (Å²) in [5.41, 5.74) is 9.52. The molecule has 3 nitrogen and oxygen atoms in total. The molecule has 1 fully saturated rings. The minimum Gasteiger partial charge on any atom is -0.507 e. The minimum atomic E-state index is 0.0717. The maximum absolute atomic E-state index is 10.3. The van der Waals surface area contributed by atoms with Crippen molar-refractivity contribution in [1.29, 1.82) is 0 Å². The largest absolute Gasteiger partial charge is 0.507 e. The van der Waals surface area contributed by atoms with Crippen LogP contribution in [0.15, 0.2) is 12.1 Å². The van der Waals surface area contributed by atoms with Gasteiger partial charge in [0.1, 0.15) is 5.75 Å². The molecule has 1 aromatic carbocycles. The average Bonchev–Trinajstić information content (AvgIpc) is 2.92. The van der Waals surface area contributed by atoms with Gasteiger partial charge in [-0.05, 0) is 43.7 Å². The van der Waals surface area contributed by atoms with Crippen molar-refractivity contribution in [3.63, 3.8) is 0 Å². The van der Waals surface area contributed by atoms with Gasteiger partial charge < -0.3 is 15.7 Å². The van der Waals surface area contributed by atoms with Crippen molar-refractivity contribution in [2.75, 3.05) is 18.5 Å². The lowest BCUT2D eigenvalue weighted by Crippen LogP contribution is -2.22. The van der Waals surface area contributed by atoms with Gasteiger partial charge in [0.05, 0.1) is 0 Å². The second-order valence-electron chi connectivity index (χ2n) is 5.60. The molecule has 1 aromatic rings. The van der Waals surface area contributed by atoms with Gasteiger partial charge in [-0.3, -0.25) is 0 Å². The topological polar surface area (TPSA) is 49.5 Å². The summed E-state index contributed by atoms with van der Waals surface area (Å²) in [5, 5.41) is 10.3. The van der Waals surface area contributed by atoms with E-state index in [9.17, 15) is 5.11 Å². The van der Waals surface area contributed by atoms with Crippen LogP contribution in [0.2, 0.25) is 0 Å². The van der Waals surface area contributed by atoms with Gasteiger partial charge in [-0.1, -0.05) is 6.07 Å². The molecule has 0 spiro atoms. The van der Waals surface area contributed by atoms with Crippen LogP contribution in [-0.2, 0) is 12.8 Å². The molecule has 1 aliphatic heterocycles. The highest BCUT2D eigenvalue weighted by Gasteiger charge is 2.37. The number of nitrogens with zero attached hydrogens (tertiary/aromatic N) is 1. The molecule has 0 bridgehead atoms. The third-order valence-corrected chi connectivity index (χ3v) is 4.23. The Kier molecular flexibility index (Phi) is 2.33. The Balaban J connectivity index is 1.81. The highest BCUT2D eigenvalue weighted by atomic mass is 16.3. The first-order valence-corrected chi connectivity index (χ1v) is 6.43. The quantitative estimate of drug-likeness (QED) is 0.835. The highest BCUT2D eigenvalue weighted by molar-refractivity contribution is 5.64. The molecule has 1 saturated carbocycles. The molecular weight excluding hydrogens is 212 g/mol. The van der Waals surface area contributed by atoms with Crippen LogP contribution in [0.3, 0.4) is 0 Å². The zero-order valence-corrected chi connectivity index (χ0v) is 10.4. The first kappa shape index (κ1) is 10.9. The number of rotatable bonds is 3. The summed E-state index contributed by atoms with van der Waals surface area (Å²) < 4.78 is 0. The van der Waals surface area contributed by atoms with Crippen LogP contribution in [0.1, 0.15) is 30.4 Å². The maximum atomic E-state index is 10.3. The maximum Gasteiger partial charge on any atom is 0.124 e. The van der Waals surface area contributed by atoms with Gasteiger partial charge in [0.25, 0.3) is 0 Å². The van der Waals surface area contributed by atoms with Crippen LogP contribution < -0.4 is 10.6 Å². The fourth-order valence-corrected chi connectivity index (χ4v) is 2.67. The number of hydrogen-bond acceptors (Lipinski definition) is 3. The Labute approximate surface area is 102 Å². The molecule has 2 aliphatic rings. The van der Waals surface area contributed by atoms with Crippen molar-refractivity contribution < 1.29 is 5.11 Å². The van der Waals surface area contributed by atoms with Gasteiger partial charge >= 0.3 is 0 Å². The predicted octanol–water partition coefficient (Wildman–Crippen LogP) is 1.81. The zero-order valence-electron chi connectivity index (χ0n) is 10.4. The van der Waals surface area contributed by atoms with E-state index in [1.165, 1.54) is 5.69 Å². The van der Waals surface area contributed by atoms with Gasteiger partial charge in [-0.25, -0.2) is 0 Å². The molecule has 3 rings (SSSR count). The number of aromatic hydroxyl groups is 1. The standard InChI is InChI=1S/C14H20N2O/c1-16-9-5-11-12(16)3-2-10(13(11)17)4-6-14(15)7-8-14/h2-3,17H,4-9,15H2,1H3. The van der Waals surface area contributed by atoms with Gasteiger partial charge in [-0.15, -0.1) is 0 Å².